The molecular weight excluding hydrogens is 386 g/mol. The van der Waals surface area contributed by atoms with Gasteiger partial charge >= 0.3 is 0 Å². The lowest BCUT2D eigenvalue weighted by atomic mass is 10.2. The van der Waals surface area contributed by atoms with Crippen molar-refractivity contribution in [2.45, 2.75) is 26.8 Å². The summed E-state index contributed by atoms with van der Waals surface area (Å²) in [6, 6.07) is 19.0. The van der Waals surface area contributed by atoms with E-state index in [0.29, 0.717) is 29.8 Å². The van der Waals surface area contributed by atoms with Crippen molar-refractivity contribution >= 4 is 17.5 Å². The van der Waals surface area contributed by atoms with Crippen LogP contribution >= 0.6 is 11.6 Å². The molecule has 1 heterocycles. The topological polar surface area (TPSA) is 55.3 Å². The Hall–Kier alpha value is -2.92. The monoisotopic (exact) mass is 409 g/mol. The second-order valence-electron chi connectivity index (χ2n) is 6.57. The summed E-state index contributed by atoms with van der Waals surface area (Å²) < 4.78 is 5.75. The number of rotatable bonds is 8. The van der Waals surface area contributed by atoms with Gasteiger partial charge in [0.25, 0.3) is 5.91 Å². The Balaban J connectivity index is 1.72. The molecule has 0 spiro atoms. The number of likely N-dealkylation sites (N-methyl/N-ethyl adjacent to an activating group) is 1. The molecule has 0 bridgehead atoms. The highest BCUT2D eigenvalue weighted by atomic mass is 35.5. The molecule has 1 aromatic heterocycles. The van der Waals surface area contributed by atoms with Crippen LogP contribution in [0.1, 0.15) is 25.1 Å². The first-order chi connectivity index (χ1) is 14.1. The molecule has 5 nitrogen and oxygen atoms in total. The summed E-state index contributed by atoms with van der Waals surface area (Å²) in [7, 11) is 0. The maximum absolute atomic E-state index is 12.6. The molecule has 3 aromatic rings. The first-order valence-electron chi connectivity index (χ1n) is 9.67. The second-order valence-corrected chi connectivity index (χ2v) is 7.00. The van der Waals surface area contributed by atoms with Crippen LogP contribution in [-0.2, 0) is 17.8 Å². The van der Waals surface area contributed by atoms with E-state index in [1.165, 1.54) is 0 Å². The molecule has 2 aromatic carbocycles. The van der Waals surface area contributed by atoms with E-state index >= 15 is 0 Å². The van der Waals surface area contributed by atoms with Crippen molar-refractivity contribution in [2.75, 3.05) is 13.2 Å². The normalized spacial score (nSPS) is 10.6. The fraction of sp³-hybridized carbons (Fsp3) is 0.261. The zero-order valence-corrected chi connectivity index (χ0v) is 17.4. The number of carbonyl (C=O) groups excluding carboxylic acids is 1. The minimum atomic E-state index is -0.0858. The Kier molecular flexibility index (Phi) is 7.19. The number of hydrogen-bond acceptors (Lipinski definition) is 4. The minimum Gasteiger partial charge on any atom is -0.467 e. The number of amides is 1. The summed E-state index contributed by atoms with van der Waals surface area (Å²) in [5.41, 5.74) is 2.73. The highest BCUT2D eigenvalue weighted by Crippen LogP contribution is 2.22. The molecule has 29 heavy (non-hydrogen) atoms. The largest absolute Gasteiger partial charge is 0.467 e. The zero-order chi connectivity index (χ0) is 20.6. The second kappa shape index (κ2) is 10.0. The minimum absolute atomic E-state index is 0.0736. The number of aromatic nitrogens is 2. The van der Waals surface area contributed by atoms with Gasteiger partial charge in [0.1, 0.15) is 0 Å². The lowest BCUT2D eigenvalue weighted by molar-refractivity contribution is -0.133. The summed E-state index contributed by atoms with van der Waals surface area (Å²) in [5.74, 6) is 0.833. The number of ether oxygens (including phenoxy) is 1. The van der Waals surface area contributed by atoms with Crippen LogP contribution in [0, 0.1) is 0 Å². The van der Waals surface area contributed by atoms with E-state index in [2.05, 4.69) is 9.97 Å². The highest BCUT2D eigenvalue weighted by molar-refractivity contribution is 6.30. The Morgan fingerprint density at radius 3 is 2.52 bits per heavy atom. The molecule has 0 unspecified atom stereocenters. The van der Waals surface area contributed by atoms with Crippen molar-refractivity contribution in [3.8, 4) is 17.3 Å². The number of aryl methyl sites for hydroxylation is 1. The Labute approximate surface area is 176 Å². The van der Waals surface area contributed by atoms with E-state index in [1.54, 1.807) is 17.0 Å². The summed E-state index contributed by atoms with van der Waals surface area (Å²) >= 11 is 6.09. The van der Waals surface area contributed by atoms with Gasteiger partial charge in [0, 0.05) is 35.4 Å². The van der Waals surface area contributed by atoms with Gasteiger partial charge in [0.15, 0.2) is 12.4 Å². The molecule has 0 fully saturated rings. The molecule has 0 atom stereocenters. The van der Waals surface area contributed by atoms with E-state index in [1.807, 2.05) is 62.4 Å². The van der Waals surface area contributed by atoms with Gasteiger partial charge in [0.05, 0.1) is 0 Å². The number of hydrogen-bond donors (Lipinski definition) is 0. The van der Waals surface area contributed by atoms with Crippen LogP contribution in [0.15, 0.2) is 60.7 Å². The van der Waals surface area contributed by atoms with Crippen molar-refractivity contribution in [2.24, 2.45) is 0 Å². The van der Waals surface area contributed by atoms with Crippen molar-refractivity contribution < 1.29 is 9.53 Å². The van der Waals surface area contributed by atoms with Crippen LogP contribution in [0.5, 0.6) is 5.88 Å². The molecule has 0 radical (unpaired) electrons. The number of benzene rings is 2. The molecule has 0 aliphatic carbocycles. The summed E-state index contributed by atoms with van der Waals surface area (Å²) in [6.45, 7) is 5.05. The third kappa shape index (κ3) is 5.78. The predicted molar refractivity (Wildman–Crippen MR) is 115 cm³/mol. The van der Waals surface area contributed by atoms with Crippen molar-refractivity contribution in [1.82, 2.24) is 14.9 Å². The van der Waals surface area contributed by atoms with Crippen LogP contribution in [-0.4, -0.2) is 33.9 Å². The summed E-state index contributed by atoms with van der Waals surface area (Å²) in [4.78, 5) is 23.4. The van der Waals surface area contributed by atoms with Gasteiger partial charge in [-0.2, -0.15) is 4.98 Å². The van der Waals surface area contributed by atoms with Crippen LogP contribution in [0.2, 0.25) is 5.02 Å². The fourth-order valence-electron chi connectivity index (χ4n) is 2.89. The molecule has 0 saturated carbocycles. The quantitative estimate of drug-likeness (QED) is 0.537. The standard InChI is InChI=1S/C23H24ClN3O2/c1-3-20-14-21(26-23(25-20)18-11-8-12-19(24)13-18)29-16-22(28)27(4-2)15-17-9-6-5-7-10-17/h5-14H,3-4,15-16H2,1-2H3. The van der Waals surface area contributed by atoms with Crippen molar-refractivity contribution in [3.63, 3.8) is 0 Å². The fourth-order valence-corrected chi connectivity index (χ4v) is 3.08. The summed E-state index contributed by atoms with van der Waals surface area (Å²) in [6.07, 6.45) is 0.732. The van der Waals surface area contributed by atoms with Crippen LogP contribution in [0.25, 0.3) is 11.4 Å². The average molecular weight is 410 g/mol. The first-order valence-corrected chi connectivity index (χ1v) is 10.0. The molecular formula is C23H24ClN3O2. The van der Waals surface area contributed by atoms with E-state index in [0.717, 1.165) is 23.2 Å². The van der Waals surface area contributed by atoms with Gasteiger partial charge in [0.2, 0.25) is 5.88 Å². The molecule has 0 N–H and O–H groups in total. The molecule has 0 aliphatic rings. The van der Waals surface area contributed by atoms with Gasteiger partial charge < -0.3 is 9.64 Å². The Morgan fingerprint density at radius 2 is 1.83 bits per heavy atom. The smallest absolute Gasteiger partial charge is 0.260 e. The van der Waals surface area contributed by atoms with Crippen molar-refractivity contribution in [1.29, 1.82) is 0 Å². The van der Waals surface area contributed by atoms with Crippen molar-refractivity contribution in [3.05, 3.63) is 76.9 Å². The van der Waals surface area contributed by atoms with Crippen LogP contribution in [0.3, 0.4) is 0 Å². The maximum Gasteiger partial charge on any atom is 0.260 e. The van der Waals surface area contributed by atoms with Crippen LogP contribution in [0.4, 0.5) is 0 Å². The molecule has 0 aliphatic heterocycles. The van der Waals surface area contributed by atoms with Crippen LogP contribution < -0.4 is 4.74 Å². The Morgan fingerprint density at radius 1 is 1.03 bits per heavy atom. The predicted octanol–water partition coefficient (Wildman–Crippen LogP) is 4.79. The van der Waals surface area contributed by atoms with Gasteiger partial charge in [-0.1, -0.05) is 61.0 Å². The maximum atomic E-state index is 12.6. The van der Waals surface area contributed by atoms with Gasteiger partial charge in [-0.25, -0.2) is 4.98 Å². The van der Waals surface area contributed by atoms with Gasteiger partial charge in [-0.15, -0.1) is 0 Å². The number of nitrogens with zero attached hydrogens (tertiary/aromatic N) is 3. The van der Waals surface area contributed by atoms with E-state index < -0.39 is 0 Å². The lowest BCUT2D eigenvalue weighted by Crippen LogP contribution is -2.34. The highest BCUT2D eigenvalue weighted by Gasteiger charge is 2.14. The molecule has 6 heteroatoms. The average Bonchev–Trinajstić information content (AvgIpc) is 2.76. The molecule has 3 rings (SSSR count). The number of halogens is 1. The third-order valence-electron chi connectivity index (χ3n) is 4.49. The lowest BCUT2D eigenvalue weighted by Gasteiger charge is -2.21. The zero-order valence-electron chi connectivity index (χ0n) is 16.6. The molecule has 0 saturated heterocycles. The number of carbonyl (C=O) groups is 1. The third-order valence-corrected chi connectivity index (χ3v) is 4.73. The Bertz CT molecular complexity index is 963. The van der Waals surface area contributed by atoms with E-state index in [9.17, 15) is 4.79 Å². The van der Waals surface area contributed by atoms with Gasteiger partial charge in [-0.05, 0) is 31.0 Å². The first kappa shape index (κ1) is 20.8. The molecule has 1 amide bonds. The molecule has 150 valence electrons. The van der Waals surface area contributed by atoms with Gasteiger partial charge in [-0.3, -0.25) is 4.79 Å². The van der Waals surface area contributed by atoms with E-state index in [4.69, 9.17) is 16.3 Å². The summed E-state index contributed by atoms with van der Waals surface area (Å²) in [5, 5.41) is 0.616. The van der Waals surface area contributed by atoms with E-state index in [-0.39, 0.29) is 12.5 Å². The SMILES string of the molecule is CCc1cc(OCC(=O)N(CC)Cc2ccccc2)nc(-c2cccc(Cl)c2)n1.